The van der Waals surface area contributed by atoms with Crippen LogP contribution in [0.1, 0.15) is 21.5 Å². The van der Waals surface area contributed by atoms with Crippen molar-refractivity contribution >= 4 is 21.8 Å². The number of ketones is 1. The smallest absolute Gasteiger partial charge is 0.325 e. The molecule has 1 heterocycles. The van der Waals surface area contributed by atoms with Crippen LogP contribution in [0, 0.1) is 5.82 Å². The van der Waals surface area contributed by atoms with Crippen LogP contribution >= 0.6 is 0 Å². The van der Waals surface area contributed by atoms with Gasteiger partial charge in [0.1, 0.15) is 11.9 Å². The van der Waals surface area contributed by atoms with E-state index >= 15 is 0 Å². The van der Waals surface area contributed by atoms with E-state index in [-0.39, 0.29) is 18.5 Å². The van der Waals surface area contributed by atoms with Gasteiger partial charge in [0.2, 0.25) is 15.8 Å². The summed E-state index contributed by atoms with van der Waals surface area (Å²) in [7, 11) is -3.67. The summed E-state index contributed by atoms with van der Waals surface area (Å²) in [5, 5.41) is 0. The summed E-state index contributed by atoms with van der Waals surface area (Å²) in [5.41, 5.74) is 1.48. The third-order valence-corrected chi connectivity index (χ3v) is 5.66. The standard InChI is InChI=1S/C19H18FNO5S/c1-27(24,25)21-11-14-7-3-2-6-13(14)10-17(21)19(23)26-12-18(22)15-8-4-5-9-16(15)20/h2-9,17H,10-12H2,1H3/t17-/m0/s1. The number of ether oxygens (including phenoxy) is 1. The van der Waals surface area contributed by atoms with Crippen LogP contribution in [0.4, 0.5) is 4.39 Å². The van der Waals surface area contributed by atoms with Gasteiger partial charge in [-0.05, 0) is 23.3 Å². The Morgan fingerprint density at radius 2 is 1.74 bits per heavy atom. The fourth-order valence-electron chi connectivity index (χ4n) is 3.05. The highest BCUT2D eigenvalue weighted by Gasteiger charge is 2.38. The molecule has 0 saturated heterocycles. The Kier molecular flexibility index (Phi) is 5.38. The Hall–Kier alpha value is -2.58. The molecule has 0 amide bonds. The van der Waals surface area contributed by atoms with Gasteiger partial charge in [-0.3, -0.25) is 9.59 Å². The van der Waals surface area contributed by atoms with Gasteiger partial charge in [0, 0.05) is 13.0 Å². The van der Waals surface area contributed by atoms with Gasteiger partial charge in [-0.15, -0.1) is 0 Å². The first-order valence-electron chi connectivity index (χ1n) is 8.25. The highest BCUT2D eigenvalue weighted by atomic mass is 32.2. The van der Waals surface area contributed by atoms with Gasteiger partial charge < -0.3 is 4.74 Å². The second-order valence-corrected chi connectivity index (χ2v) is 8.24. The third-order valence-electron chi connectivity index (χ3n) is 4.42. The van der Waals surface area contributed by atoms with Crippen molar-refractivity contribution in [3.05, 3.63) is 71.0 Å². The highest BCUT2D eigenvalue weighted by molar-refractivity contribution is 7.88. The zero-order valence-corrected chi connectivity index (χ0v) is 15.4. The Bertz CT molecular complexity index is 989. The maximum absolute atomic E-state index is 13.7. The van der Waals surface area contributed by atoms with E-state index in [0.717, 1.165) is 27.8 Å². The van der Waals surface area contributed by atoms with Gasteiger partial charge in [0.15, 0.2) is 6.61 Å². The minimum atomic E-state index is -3.67. The van der Waals surface area contributed by atoms with Crippen LogP contribution in [0.3, 0.4) is 0 Å². The van der Waals surface area contributed by atoms with Gasteiger partial charge >= 0.3 is 5.97 Å². The molecule has 1 atom stereocenters. The van der Waals surface area contributed by atoms with Crippen molar-refractivity contribution in [1.82, 2.24) is 4.31 Å². The molecule has 0 aromatic heterocycles. The zero-order valence-electron chi connectivity index (χ0n) is 14.6. The molecule has 1 aliphatic heterocycles. The number of benzene rings is 2. The van der Waals surface area contributed by atoms with Crippen LogP contribution in [0.2, 0.25) is 0 Å². The zero-order chi connectivity index (χ0) is 19.6. The summed E-state index contributed by atoms with van der Waals surface area (Å²) in [4.78, 5) is 24.6. The Morgan fingerprint density at radius 3 is 2.41 bits per heavy atom. The molecule has 2 aromatic rings. The molecular weight excluding hydrogens is 373 g/mol. The number of nitrogens with zero attached hydrogens (tertiary/aromatic N) is 1. The van der Waals surface area contributed by atoms with Crippen molar-refractivity contribution in [2.75, 3.05) is 12.9 Å². The van der Waals surface area contributed by atoms with Crippen LogP contribution in [-0.4, -0.2) is 43.4 Å². The van der Waals surface area contributed by atoms with Gasteiger partial charge in [-0.25, -0.2) is 12.8 Å². The van der Waals surface area contributed by atoms with Crippen molar-refractivity contribution in [2.45, 2.75) is 19.0 Å². The van der Waals surface area contributed by atoms with Crippen molar-refractivity contribution in [3.8, 4) is 0 Å². The molecule has 0 bridgehead atoms. The minimum absolute atomic E-state index is 0.0516. The first kappa shape index (κ1) is 19.2. The Labute approximate surface area is 156 Å². The summed E-state index contributed by atoms with van der Waals surface area (Å²) in [5.74, 6) is -2.23. The lowest BCUT2D eigenvalue weighted by Gasteiger charge is -2.33. The average Bonchev–Trinajstić information content (AvgIpc) is 2.64. The van der Waals surface area contributed by atoms with E-state index in [0.29, 0.717) is 0 Å². The second kappa shape index (κ2) is 7.58. The first-order valence-corrected chi connectivity index (χ1v) is 10.1. The SMILES string of the molecule is CS(=O)(=O)N1Cc2ccccc2C[C@H]1C(=O)OCC(=O)c1ccccc1F. The maximum atomic E-state index is 13.7. The van der Waals surface area contributed by atoms with E-state index in [1.165, 1.54) is 18.2 Å². The summed E-state index contributed by atoms with van der Waals surface area (Å²) >= 11 is 0. The lowest BCUT2D eigenvalue weighted by molar-refractivity contribution is -0.147. The lowest BCUT2D eigenvalue weighted by atomic mass is 9.96. The van der Waals surface area contributed by atoms with Gasteiger partial charge in [0.05, 0.1) is 11.8 Å². The number of esters is 1. The van der Waals surface area contributed by atoms with Crippen LogP contribution in [0.5, 0.6) is 0 Å². The molecule has 0 N–H and O–H groups in total. The maximum Gasteiger partial charge on any atom is 0.325 e. The van der Waals surface area contributed by atoms with E-state index < -0.39 is 40.2 Å². The summed E-state index contributed by atoms with van der Waals surface area (Å²) in [6, 6.07) is 11.5. The van der Waals surface area contributed by atoms with Gasteiger partial charge in [-0.2, -0.15) is 4.31 Å². The first-order chi connectivity index (χ1) is 12.8. The number of halogens is 1. The van der Waals surface area contributed by atoms with Crippen LogP contribution in [0.25, 0.3) is 0 Å². The number of rotatable bonds is 5. The molecular formula is C19H18FNO5S. The molecule has 142 valence electrons. The van der Waals surface area contributed by atoms with Gasteiger partial charge in [0.25, 0.3) is 0 Å². The van der Waals surface area contributed by atoms with Crippen molar-refractivity contribution in [1.29, 1.82) is 0 Å². The molecule has 3 rings (SSSR count). The van der Waals surface area contributed by atoms with E-state index in [1.807, 2.05) is 6.07 Å². The van der Waals surface area contributed by atoms with Gasteiger partial charge in [-0.1, -0.05) is 36.4 Å². The molecule has 0 radical (unpaired) electrons. The molecule has 0 saturated carbocycles. The number of hydrogen-bond acceptors (Lipinski definition) is 5. The predicted molar refractivity (Wildman–Crippen MR) is 96.0 cm³/mol. The number of Topliss-reactive ketones (excluding diaryl/α,β-unsaturated/α-hetero) is 1. The van der Waals surface area contributed by atoms with Crippen molar-refractivity contribution in [3.63, 3.8) is 0 Å². The summed E-state index contributed by atoms with van der Waals surface area (Å²) in [6.07, 6.45) is 1.17. The quantitative estimate of drug-likeness (QED) is 0.575. The van der Waals surface area contributed by atoms with Crippen molar-refractivity contribution < 1.29 is 27.1 Å². The number of sulfonamides is 1. The third kappa shape index (κ3) is 4.23. The molecule has 0 fully saturated rings. The van der Waals surface area contributed by atoms with E-state index in [1.54, 1.807) is 18.2 Å². The normalized spacial score (nSPS) is 17.2. The number of carbonyl (C=O) groups is 2. The largest absolute Gasteiger partial charge is 0.456 e. The number of carbonyl (C=O) groups excluding carboxylic acids is 2. The molecule has 2 aromatic carbocycles. The Morgan fingerprint density at radius 1 is 1.11 bits per heavy atom. The van der Waals surface area contributed by atoms with Crippen LogP contribution in [-0.2, 0) is 32.5 Å². The lowest BCUT2D eigenvalue weighted by Crippen LogP contribution is -2.49. The van der Waals surface area contributed by atoms with Crippen LogP contribution < -0.4 is 0 Å². The van der Waals surface area contributed by atoms with E-state index in [4.69, 9.17) is 4.74 Å². The van der Waals surface area contributed by atoms with E-state index in [2.05, 4.69) is 0 Å². The predicted octanol–water partition coefficient (Wildman–Crippen LogP) is 1.94. The number of hydrogen-bond donors (Lipinski definition) is 0. The van der Waals surface area contributed by atoms with Crippen molar-refractivity contribution in [2.24, 2.45) is 0 Å². The minimum Gasteiger partial charge on any atom is -0.456 e. The molecule has 0 spiro atoms. The molecule has 1 aliphatic rings. The Balaban J connectivity index is 1.76. The van der Waals surface area contributed by atoms with E-state index in [9.17, 15) is 22.4 Å². The van der Waals surface area contributed by atoms with Crippen LogP contribution in [0.15, 0.2) is 48.5 Å². The second-order valence-electron chi connectivity index (χ2n) is 6.31. The molecule has 0 aliphatic carbocycles. The molecule has 6 nitrogen and oxygen atoms in total. The fourth-order valence-corrected chi connectivity index (χ4v) is 4.04. The fraction of sp³-hybridized carbons (Fsp3) is 0.263. The topological polar surface area (TPSA) is 80.8 Å². The summed E-state index contributed by atoms with van der Waals surface area (Å²) in [6.45, 7) is -0.606. The summed E-state index contributed by atoms with van der Waals surface area (Å²) < 4.78 is 44.0. The molecule has 0 unspecified atom stereocenters. The molecule has 27 heavy (non-hydrogen) atoms. The highest BCUT2D eigenvalue weighted by Crippen LogP contribution is 2.26. The average molecular weight is 391 g/mol. The number of fused-ring (bicyclic) bond motifs is 1. The monoisotopic (exact) mass is 391 g/mol. The molecule has 8 heteroatoms.